The van der Waals surface area contributed by atoms with Crippen LogP contribution in [-0.4, -0.2) is 23.2 Å². The highest BCUT2D eigenvalue weighted by Crippen LogP contribution is 2.19. The standard InChI is InChI=1S/C15H14F2N2O2/c1-3-18-15(21)12-6-9(7-19-12)14(20)13-10(16)4-8(2)5-11(13)17/h4-7,19H,3H2,1-2H3,(H,18,21). The molecule has 0 saturated carbocycles. The van der Waals surface area contributed by atoms with E-state index >= 15 is 0 Å². The molecule has 1 aromatic heterocycles. The average Bonchev–Trinajstić information content (AvgIpc) is 2.87. The third kappa shape index (κ3) is 2.99. The van der Waals surface area contributed by atoms with Gasteiger partial charge in [0.15, 0.2) is 5.78 Å². The lowest BCUT2D eigenvalue weighted by Crippen LogP contribution is -2.22. The Kier molecular flexibility index (Phi) is 4.16. The molecule has 1 heterocycles. The quantitative estimate of drug-likeness (QED) is 0.851. The summed E-state index contributed by atoms with van der Waals surface area (Å²) < 4.78 is 27.6. The molecular formula is C15H14F2N2O2. The molecule has 110 valence electrons. The van der Waals surface area contributed by atoms with Gasteiger partial charge in [-0.2, -0.15) is 0 Å². The molecule has 0 fully saturated rings. The molecule has 0 unspecified atom stereocenters. The maximum Gasteiger partial charge on any atom is 0.267 e. The molecule has 21 heavy (non-hydrogen) atoms. The van der Waals surface area contributed by atoms with Crippen molar-refractivity contribution in [3.05, 3.63) is 58.4 Å². The van der Waals surface area contributed by atoms with Gasteiger partial charge < -0.3 is 10.3 Å². The van der Waals surface area contributed by atoms with Crippen molar-refractivity contribution in [3.8, 4) is 0 Å². The van der Waals surface area contributed by atoms with Crippen molar-refractivity contribution >= 4 is 11.7 Å². The minimum atomic E-state index is -0.918. The third-order valence-electron chi connectivity index (χ3n) is 2.94. The van der Waals surface area contributed by atoms with Crippen LogP contribution in [0.1, 0.15) is 38.9 Å². The van der Waals surface area contributed by atoms with E-state index in [2.05, 4.69) is 10.3 Å². The highest BCUT2D eigenvalue weighted by atomic mass is 19.1. The van der Waals surface area contributed by atoms with Crippen molar-refractivity contribution in [1.82, 2.24) is 10.3 Å². The van der Waals surface area contributed by atoms with Crippen LogP contribution < -0.4 is 5.32 Å². The fraction of sp³-hybridized carbons (Fsp3) is 0.200. The van der Waals surface area contributed by atoms with Crippen LogP contribution in [0.2, 0.25) is 0 Å². The minimum absolute atomic E-state index is 0.0258. The van der Waals surface area contributed by atoms with E-state index in [1.807, 2.05) is 0 Å². The Hall–Kier alpha value is -2.50. The fourth-order valence-corrected chi connectivity index (χ4v) is 1.97. The van der Waals surface area contributed by atoms with Crippen molar-refractivity contribution in [1.29, 1.82) is 0 Å². The first-order valence-corrected chi connectivity index (χ1v) is 6.41. The van der Waals surface area contributed by atoms with E-state index in [1.165, 1.54) is 19.2 Å². The fourth-order valence-electron chi connectivity index (χ4n) is 1.97. The SMILES string of the molecule is CCNC(=O)c1cc(C(=O)c2c(F)cc(C)cc2F)c[nH]1. The number of carbonyl (C=O) groups is 2. The molecule has 0 atom stereocenters. The summed E-state index contributed by atoms with van der Waals surface area (Å²) in [5, 5.41) is 2.55. The summed E-state index contributed by atoms with van der Waals surface area (Å²) in [6.07, 6.45) is 1.26. The van der Waals surface area contributed by atoms with Gasteiger partial charge in [0.05, 0.1) is 5.56 Å². The molecule has 0 bridgehead atoms. The topological polar surface area (TPSA) is 62.0 Å². The number of nitrogens with one attached hydrogen (secondary N) is 2. The van der Waals surface area contributed by atoms with Crippen molar-refractivity contribution in [2.24, 2.45) is 0 Å². The first-order chi connectivity index (χ1) is 9.93. The van der Waals surface area contributed by atoms with Gasteiger partial charge >= 0.3 is 0 Å². The van der Waals surface area contributed by atoms with Gasteiger partial charge in [0.25, 0.3) is 5.91 Å². The summed E-state index contributed by atoms with van der Waals surface area (Å²) in [6, 6.07) is 3.45. The Balaban J connectivity index is 2.35. The van der Waals surface area contributed by atoms with E-state index in [4.69, 9.17) is 0 Å². The number of halogens is 2. The molecule has 1 amide bonds. The number of hydrogen-bond donors (Lipinski definition) is 2. The Morgan fingerprint density at radius 3 is 2.38 bits per heavy atom. The lowest BCUT2D eigenvalue weighted by molar-refractivity contribution is 0.0951. The molecule has 0 spiro atoms. The molecule has 2 rings (SSSR count). The van der Waals surface area contributed by atoms with Gasteiger partial charge in [0, 0.05) is 18.3 Å². The minimum Gasteiger partial charge on any atom is -0.356 e. The second kappa shape index (κ2) is 5.87. The van der Waals surface area contributed by atoms with Crippen LogP contribution >= 0.6 is 0 Å². The molecule has 1 aromatic carbocycles. The lowest BCUT2D eigenvalue weighted by Gasteiger charge is -2.04. The number of H-pyrrole nitrogens is 1. The molecular weight excluding hydrogens is 278 g/mol. The number of amides is 1. The highest BCUT2D eigenvalue weighted by molar-refractivity contribution is 6.10. The predicted octanol–water partition coefficient (Wildman–Crippen LogP) is 2.58. The molecule has 2 N–H and O–H groups in total. The number of ketones is 1. The van der Waals surface area contributed by atoms with Crippen LogP contribution in [0, 0.1) is 18.6 Å². The van der Waals surface area contributed by atoms with E-state index in [-0.39, 0.29) is 17.2 Å². The van der Waals surface area contributed by atoms with E-state index in [0.717, 1.165) is 12.1 Å². The maximum absolute atomic E-state index is 13.8. The summed E-state index contributed by atoms with van der Waals surface area (Å²) in [5.74, 6) is -3.03. The maximum atomic E-state index is 13.8. The second-order valence-corrected chi connectivity index (χ2v) is 4.59. The van der Waals surface area contributed by atoms with Gasteiger partial charge in [-0.15, -0.1) is 0 Å². The number of aromatic nitrogens is 1. The number of benzene rings is 1. The number of aromatic amines is 1. The van der Waals surface area contributed by atoms with Gasteiger partial charge in [-0.05, 0) is 37.6 Å². The highest BCUT2D eigenvalue weighted by Gasteiger charge is 2.21. The molecule has 0 aliphatic rings. The molecule has 0 radical (unpaired) electrons. The lowest BCUT2D eigenvalue weighted by atomic mass is 10.0. The zero-order valence-corrected chi connectivity index (χ0v) is 11.6. The number of hydrogen-bond acceptors (Lipinski definition) is 2. The van der Waals surface area contributed by atoms with Crippen LogP contribution in [0.15, 0.2) is 24.4 Å². The number of rotatable bonds is 4. The number of aryl methyl sites for hydroxylation is 1. The predicted molar refractivity (Wildman–Crippen MR) is 73.3 cm³/mol. The summed E-state index contributed by atoms with van der Waals surface area (Å²) >= 11 is 0. The summed E-state index contributed by atoms with van der Waals surface area (Å²) in [5.41, 5.74) is -0.0493. The number of carbonyl (C=O) groups excluding carboxylic acids is 2. The van der Waals surface area contributed by atoms with Gasteiger partial charge in [0.1, 0.15) is 17.3 Å². The summed E-state index contributed by atoms with van der Waals surface area (Å²) in [4.78, 5) is 26.4. The molecule has 2 aromatic rings. The van der Waals surface area contributed by atoms with Crippen LogP contribution in [0.3, 0.4) is 0 Å². The van der Waals surface area contributed by atoms with E-state index < -0.39 is 23.0 Å². The zero-order valence-electron chi connectivity index (χ0n) is 11.6. The van der Waals surface area contributed by atoms with Crippen LogP contribution in [0.5, 0.6) is 0 Å². The molecule has 0 aliphatic carbocycles. The average molecular weight is 292 g/mol. The monoisotopic (exact) mass is 292 g/mol. The second-order valence-electron chi connectivity index (χ2n) is 4.59. The van der Waals surface area contributed by atoms with Gasteiger partial charge in [-0.25, -0.2) is 8.78 Å². The normalized spacial score (nSPS) is 10.5. The summed E-state index contributed by atoms with van der Waals surface area (Å²) in [7, 11) is 0. The Bertz CT molecular complexity index is 684. The smallest absolute Gasteiger partial charge is 0.267 e. The van der Waals surface area contributed by atoms with Crippen molar-refractivity contribution in [2.75, 3.05) is 6.54 Å². The van der Waals surface area contributed by atoms with E-state index in [0.29, 0.717) is 12.1 Å². The van der Waals surface area contributed by atoms with Crippen molar-refractivity contribution in [2.45, 2.75) is 13.8 Å². The Morgan fingerprint density at radius 1 is 1.19 bits per heavy atom. The molecule has 6 heteroatoms. The molecule has 0 saturated heterocycles. The van der Waals surface area contributed by atoms with Crippen LogP contribution in [0.25, 0.3) is 0 Å². The Labute approximate surface area is 120 Å². The van der Waals surface area contributed by atoms with Crippen molar-refractivity contribution < 1.29 is 18.4 Å². The van der Waals surface area contributed by atoms with Gasteiger partial charge in [-0.1, -0.05) is 0 Å². The Morgan fingerprint density at radius 2 is 1.81 bits per heavy atom. The first kappa shape index (κ1) is 14.9. The van der Waals surface area contributed by atoms with Gasteiger partial charge in [0.2, 0.25) is 0 Å². The zero-order chi connectivity index (χ0) is 15.6. The van der Waals surface area contributed by atoms with Gasteiger partial charge in [-0.3, -0.25) is 9.59 Å². The van der Waals surface area contributed by atoms with Crippen LogP contribution in [-0.2, 0) is 0 Å². The van der Waals surface area contributed by atoms with E-state index in [1.54, 1.807) is 6.92 Å². The summed E-state index contributed by atoms with van der Waals surface area (Å²) in [6.45, 7) is 3.72. The largest absolute Gasteiger partial charge is 0.356 e. The molecule has 0 aliphatic heterocycles. The van der Waals surface area contributed by atoms with E-state index in [9.17, 15) is 18.4 Å². The molecule has 4 nitrogen and oxygen atoms in total. The van der Waals surface area contributed by atoms with Crippen molar-refractivity contribution in [3.63, 3.8) is 0 Å². The van der Waals surface area contributed by atoms with Crippen LogP contribution in [0.4, 0.5) is 8.78 Å². The third-order valence-corrected chi connectivity index (χ3v) is 2.94. The first-order valence-electron chi connectivity index (χ1n) is 6.41.